The standard InChI is InChI=1S/C26H34N2O8/c1-7-26(16-27,18-9-11-22(33-3)25(36-6)24(18)35-5)13-12-20(29)19(28(30)31)14-17-8-10-21(32-2)23(15-17)34-4/h8-11,15,19-20,29H,7,12-14H2,1-6H3. The average molecular weight is 503 g/mol. The molecular formula is C26H34N2O8. The van der Waals surface area contributed by atoms with Crippen molar-refractivity contribution in [2.75, 3.05) is 35.5 Å². The average Bonchev–Trinajstić information content (AvgIpc) is 2.91. The summed E-state index contributed by atoms with van der Waals surface area (Å²) in [6, 6.07) is 9.52. The number of rotatable bonds is 14. The fraction of sp³-hybridized carbons (Fsp3) is 0.500. The largest absolute Gasteiger partial charge is 0.493 e. The zero-order valence-electron chi connectivity index (χ0n) is 21.6. The van der Waals surface area contributed by atoms with Crippen LogP contribution in [0.5, 0.6) is 28.7 Å². The van der Waals surface area contributed by atoms with Crippen LogP contribution < -0.4 is 23.7 Å². The number of nitro groups is 1. The summed E-state index contributed by atoms with van der Waals surface area (Å²) in [7, 11) is 7.43. The van der Waals surface area contributed by atoms with Gasteiger partial charge in [0.15, 0.2) is 23.0 Å². The second kappa shape index (κ2) is 12.8. The van der Waals surface area contributed by atoms with Crippen molar-refractivity contribution in [2.45, 2.75) is 50.2 Å². The molecule has 2 rings (SSSR count). The molecule has 0 amide bonds. The second-order valence-electron chi connectivity index (χ2n) is 8.28. The maximum absolute atomic E-state index is 11.9. The molecule has 10 heteroatoms. The van der Waals surface area contributed by atoms with E-state index in [1.54, 1.807) is 30.3 Å². The minimum absolute atomic E-state index is 0.0140. The maximum Gasteiger partial charge on any atom is 0.242 e. The van der Waals surface area contributed by atoms with Crippen LogP contribution in [0.4, 0.5) is 0 Å². The molecule has 0 heterocycles. The lowest BCUT2D eigenvalue weighted by atomic mass is 9.74. The van der Waals surface area contributed by atoms with E-state index in [4.69, 9.17) is 23.7 Å². The third-order valence-electron chi connectivity index (χ3n) is 6.51. The van der Waals surface area contributed by atoms with Crippen LogP contribution >= 0.6 is 0 Å². The van der Waals surface area contributed by atoms with Gasteiger partial charge in [-0.3, -0.25) is 10.1 Å². The summed E-state index contributed by atoms with van der Waals surface area (Å²) >= 11 is 0. The van der Waals surface area contributed by atoms with Crippen LogP contribution in [-0.2, 0) is 11.8 Å². The van der Waals surface area contributed by atoms with Gasteiger partial charge in [-0.2, -0.15) is 5.26 Å². The molecule has 0 aromatic heterocycles. The number of aliphatic hydroxyl groups is 1. The van der Waals surface area contributed by atoms with E-state index in [9.17, 15) is 20.5 Å². The van der Waals surface area contributed by atoms with E-state index >= 15 is 0 Å². The van der Waals surface area contributed by atoms with Crippen molar-refractivity contribution in [3.05, 3.63) is 51.6 Å². The van der Waals surface area contributed by atoms with Gasteiger partial charge < -0.3 is 28.8 Å². The normalized spacial score (nSPS) is 14.1. The topological polar surface area (TPSA) is 133 Å². The predicted molar refractivity (Wildman–Crippen MR) is 133 cm³/mol. The minimum Gasteiger partial charge on any atom is -0.493 e. The van der Waals surface area contributed by atoms with Gasteiger partial charge in [-0.15, -0.1) is 0 Å². The molecule has 0 saturated heterocycles. The number of aliphatic hydroxyl groups excluding tert-OH is 1. The van der Waals surface area contributed by atoms with Crippen LogP contribution in [0, 0.1) is 21.4 Å². The molecule has 0 fully saturated rings. The SMILES string of the molecule is CCC(C#N)(CCC(O)C(Cc1ccc(OC)c(OC)c1)[N+](=O)[O-])c1ccc(OC)c(OC)c1OC. The highest BCUT2D eigenvalue weighted by atomic mass is 16.6. The number of benzene rings is 2. The fourth-order valence-corrected chi connectivity index (χ4v) is 4.36. The van der Waals surface area contributed by atoms with Gasteiger partial charge in [-0.05, 0) is 49.1 Å². The Labute approximate surface area is 211 Å². The van der Waals surface area contributed by atoms with Gasteiger partial charge in [0.2, 0.25) is 11.8 Å². The lowest BCUT2D eigenvalue weighted by molar-refractivity contribution is -0.534. The van der Waals surface area contributed by atoms with E-state index in [1.165, 1.54) is 35.5 Å². The molecule has 196 valence electrons. The highest BCUT2D eigenvalue weighted by molar-refractivity contribution is 5.59. The van der Waals surface area contributed by atoms with Crippen LogP contribution in [0.15, 0.2) is 30.3 Å². The summed E-state index contributed by atoms with van der Waals surface area (Å²) < 4.78 is 26.9. The van der Waals surface area contributed by atoms with Gasteiger partial charge in [0, 0.05) is 16.9 Å². The summed E-state index contributed by atoms with van der Waals surface area (Å²) in [6.07, 6.45) is -0.722. The molecule has 0 aliphatic carbocycles. The van der Waals surface area contributed by atoms with E-state index in [0.29, 0.717) is 46.3 Å². The first-order valence-corrected chi connectivity index (χ1v) is 11.5. The first kappa shape index (κ1) is 28.5. The Morgan fingerprint density at radius 2 is 1.58 bits per heavy atom. The van der Waals surface area contributed by atoms with Crippen molar-refractivity contribution in [1.29, 1.82) is 5.26 Å². The Hall–Kier alpha value is -3.71. The molecule has 0 aliphatic rings. The highest BCUT2D eigenvalue weighted by Crippen LogP contribution is 2.47. The van der Waals surface area contributed by atoms with Gasteiger partial charge in [0.25, 0.3) is 0 Å². The van der Waals surface area contributed by atoms with Crippen molar-refractivity contribution >= 4 is 0 Å². The van der Waals surface area contributed by atoms with E-state index in [1.807, 2.05) is 6.92 Å². The lowest BCUT2D eigenvalue weighted by Crippen LogP contribution is -2.37. The summed E-state index contributed by atoms with van der Waals surface area (Å²) in [5, 5.41) is 33.0. The number of ether oxygens (including phenoxy) is 5. The van der Waals surface area contributed by atoms with Crippen LogP contribution in [0.1, 0.15) is 37.3 Å². The number of hydrogen-bond donors (Lipinski definition) is 1. The van der Waals surface area contributed by atoms with E-state index in [-0.39, 0.29) is 19.3 Å². The van der Waals surface area contributed by atoms with E-state index in [0.717, 1.165) is 0 Å². The molecule has 2 aromatic carbocycles. The Morgan fingerprint density at radius 3 is 2.08 bits per heavy atom. The molecule has 0 radical (unpaired) electrons. The Morgan fingerprint density at radius 1 is 0.972 bits per heavy atom. The van der Waals surface area contributed by atoms with Crippen LogP contribution in [0.2, 0.25) is 0 Å². The Bertz CT molecular complexity index is 1080. The minimum atomic E-state index is -1.29. The van der Waals surface area contributed by atoms with Crippen LogP contribution in [0.25, 0.3) is 0 Å². The Balaban J connectivity index is 2.34. The van der Waals surface area contributed by atoms with Crippen molar-refractivity contribution in [2.24, 2.45) is 0 Å². The summed E-state index contributed by atoms with van der Waals surface area (Å²) in [5.74, 6) is 2.10. The zero-order valence-corrected chi connectivity index (χ0v) is 21.6. The van der Waals surface area contributed by atoms with Gasteiger partial charge in [0.05, 0.1) is 47.0 Å². The molecule has 0 bridgehead atoms. The van der Waals surface area contributed by atoms with Crippen molar-refractivity contribution in [3.8, 4) is 34.8 Å². The van der Waals surface area contributed by atoms with Crippen molar-refractivity contribution in [1.82, 2.24) is 0 Å². The van der Waals surface area contributed by atoms with Crippen molar-refractivity contribution in [3.63, 3.8) is 0 Å². The van der Waals surface area contributed by atoms with Crippen molar-refractivity contribution < 1.29 is 33.7 Å². The maximum atomic E-state index is 11.9. The van der Waals surface area contributed by atoms with Gasteiger partial charge in [0.1, 0.15) is 6.10 Å². The van der Waals surface area contributed by atoms with Gasteiger partial charge >= 0.3 is 0 Å². The third-order valence-corrected chi connectivity index (χ3v) is 6.51. The molecular weight excluding hydrogens is 468 g/mol. The first-order valence-electron chi connectivity index (χ1n) is 11.5. The lowest BCUT2D eigenvalue weighted by Gasteiger charge is -2.30. The molecule has 0 spiro atoms. The monoisotopic (exact) mass is 502 g/mol. The first-order chi connectivity index (χ1) is 17.2. The molecule has 3 unspecified atom stereocenters. The van der Waals surface area contributed by atoms with Gasteiger partial charge in [-0.25, -0.2) is 0 Å². The number of nitrogens with zero attached hydrogens (tertiary/aromatic N) is 2. The number of nitriles is 1. The summed E-state index contributed by atoms with van der Waals surface area (Å²) in [6.45, 7) is 1.85. The van der Waals surface area contributed by atoms with Crippen LogP contribution in [-0.4, -0.2) is 57.7 Å². The molecule has 36 heavy (non-hydrogen) atoms. The second-order valence-corrected chi connectivity index (χ2v) is 8.28. The zero-order chi connectivity index (χ0) is 26.9. The molecule has 10 nitrogen and oxygen atoms in total. The molecule has 0 aliphatic heterocycles. The van der Waals surface area contributed by atoms with Crippen LogP contribution in [0.3, 0.4) is 0 Å². The molecule has 2 aromatic rings. The van der Waals surface area contributed by atoms with E-state index < -0.39 is 22.5 Å². The smallest absolute Gasteiger partial charge is 0.242 e. The summed E-state index contributed by atoms with van der Waals surface area (Å²) in [5.41, 5.74) is 0.116. The van der Waals surface area contributed by atoms with E-state index in [2.05, 4.69) is 6.07 Å². The third kappa shape index (κ3) is 5.91. The molecule has 0 saturated carbocycles. The van der Waals surface area contributed by atoms with Gasteiger partial charge in [-0.1, -0.05) is 13.0 Å². The number of hydrogen-bond acceptors (Lipinski definition) is 9. The Kier molecular flexibility index (Phi) is 10.2. The quantitative estimate of drug-likeness (QED) is 0.301. The number of methoxy groups -OCH3 is 5. The molecule has 1 N–H and O–H groups in total. The summed E-state index contributed by atoms with van der Waals surface area (Å²) in [4.78, 5) is 11.4. The predicted octanol–water partition coefficient (Wildman–Crippen LogP) is 3.93. The highest BCUT2D eigenvalue weighted by Gasteiger charge is 2.38. The molecule has 3 atom stereocenters. The fourth-order valence-electron chi connectivity index (χ4n) is 4.36.